The van der Waals surface area contributed by atoms with Crippen LogP contribution in [0.4, 0.5) is 5.69 Å². The molecule has 6 nitrogen and oxygen atoms in total. The van der Waals surface area contributed by atoms with Crippen molar-refractivity contribution in [3.63, 3.8) is 0 Å². The number of hydrogen-bond donors (Lipinski definition) is 2. The molecule has 0 aliphatic heterocycles. The van der Waals surface area contributed by atoms with E-state index in [0.717, 1.165) is 12.8 Å². The van der Waals surface area contributed by atoms with Crippen molar-refractivity contribution in [3.05, 3.63) is 33.9 Å². The molecule has 2 N–H and O–H groups in total. The second kappa shape index (κ2) is 6.58. The van der Waals surface area contributed by atoms with Gasteiger partial charge in [0.05, 0.1) is 11.3 Å². The molecule has 98 valence electrons. The Labute approximate surface area is 105 Å². The molecule has 0 saturated heterocycles. The fraction of sp³-hybridized carbons (Fsp3) is 0.417. The smallest absolute Gasteiger partial charge is 0.310 e. The maximum Gasteiger partial charge on any atom is 0.310 e. The van der Waals surface area contributed by atoms with Crippen molar-refractivity contribution in [3.8, 4) is 5.75 Å². The summed E-state index contributed by atoms with van der Waals surface area (Å²) in [6, 6.07) is 3.95. The molecular weight excluding hydrogens is 236 g/mol. The molecule has 0 spiro atoms. The van der Waals surface area contributed by atoms with Crippen molar-refractivity contribution in [2.75, 3.05) is 6.54 Å². The van der Waals surface area contributed by atoms with Crippen LogP contribution in [0.1, 0.15) is 25.3 Å². The molecular formula is C12H16N2O4. The van der Waals surface area contributed by atoms with Gasteiger partial charge in [-0.15, -0.1) is 0 Å². The summed E-state index contributed by atoms with van der Waals surface area (Å²) >= 11 is 0. The number of carbonyl (C=O) groups is 1. The van der Waals surface area contributed by atoms with E-state index in [4.69, 9.17) is 0 Å². The number of rotatable bonds is 6. The van der Waals surface area contributed by atoms with Crippen LogP contribution in [-0.2, 0) is 11.2 Å². The van der Waals surface area contributed by atoms with E-state index in [0.29, 0.717) is 12.1 Å². The molecule has 0 aliphatic carbocycles. The summed E-state index contributed by atoms with van der Waals surface area (Å²) in [5.41, 5.74) is 0.127. The number of unbranched alkanes of at least 4 members (excludes halogenated alkanes) is 1. The first kappa shape index (κ1) is 14.0. The van der Waals surface area contributed by atoms with E-state index in [1.807, 2.05) is 6.92 Å². The van der Waals surface area contributed by atoms with E-state index in [9.17, 15) is 20.0 Å². The van der Waals surface area contributed by atoms with E-state index in [2.05, 4.69) is 5.32 Å². The Morgan fingerprint density at radius 2 is 2.22 bits per heavy atom. The number of phenols is 1. The highest BCUT2D eigenvalue weighted by atomic mass is 16.6. The van der Waals surface area contributed by atoms with Gasteiger partial charge in [0.2, 0.25) is 5.91 Å². The number of aromatic hydroxyl groups is 1. The molecule has 0 unspecified atom stereocenters. The van der Waals surface area contributed by atoms with Gasteiger partial charge in [0.15, 0.2) is 5.75 Å². The van der Waals surface area contributed by atoms with Crippen molar-refractivity contribution in [1.82, 2.24) is 5.32 Å². The van der Waals surface area contributed by atoms with E-state index in [1.54, 1.807) is 0 Å². The summed E-state index contributed by atoms with van der Waals surface area (Å²) in [5, 5.41) is 22.6. The summed E-state index contributed by atoms with van der Waals surface area (Å²) in [7, 11) is 0. The number of amides is 1. The van der Waals surface area contributed by atoms with E-state index in [1.165, 1.54) is 18.2 Å². The predicted molar refractivity (Wildman–Crippen MR) is 66.4 cm³/mol. The number of phenolic OH excluding ortho intramolecular Hbond substituents is 1. The molecule has 1 rings (SSSR count). The highest BCUT2D eigenvalue weighted by Crippen LogP contribution is 2.26. The number of nitrogens with zero attached hydrogens (tertiary/aromatic N) is 1. The minimum atomic E-state index is -0.673. The van der Waals surface area contributed by atoms with Crippen LogP contribution < -0.4 is 5.32 Å². The summed E-state index contributed by atoms with van der Waals surface area (Å²) in [6.45, 7) is 2.63. The summed E-state index contributed by atoms with van der Waals surface area (Å²) in [6.07, 6.45) is 1.97. The maximum absolute atomic E-state index is 11.5. The molecule has 1 aromatic carbocycles. The first-order valence-corrected chi connectivity index (χ1v) is 5.77. The standard InChI is InChI=1S/C12H16N2O4/c1-2-3-6-13-12(16)8-9-4-5-11(15)10(7-9)14(17)18/h4-5,7,15H,2-3,6,8H2,1H3,(H,13,16). The Balaban J connectivity index is 2.65. The summed E-state index contributed by atoms with van der Waals surface area (Å²) in [4.78, 5) is 21.5. The van der Waals surface area contributed by atoms with Gasteiger partial charge < -0.3 is 10.4 Å². The average Bonchev–Trinajstić information content (AvgIpc) is 2.31. The third-order valence-corrected chi connectivity index (χ3v) is 2.45. The first-order chi connectivity index (χ1) is 8.54. The lowest BCUT2D eigenvalue weighted by Crippen LogP contribution is -2.25. The molecule has 0 heterocycles. The van der Waals surface area contributed by atoms with Gasteiger partial charge in [-0.05, 0) is 18.1 Å². The van der Waals surface area contributed by atoms with E-state index >= 15 is 0 Å². The second-order valence-electron chi connectivity index (χ2n) is 3.96. The molecule has 0 aromatic heterocycles. The molecule has 0 atom stereocenters. The van der Waals surface area contributed by atoms with Crippen LogP contribution in [0.15, 0.2) is 18.2 Å². The number of nitrogens with one attached hydrogen (secondary N) is 1. The van der Waals surface area contributed by atoms with Crippen LogP contribution >= 0.6 is 0 Å². The zero-order valence-electron chi connectivity index (χ0n) is 10.2. The number of nitro groups is 1. The van der Waals surface area contributed by atoms with Gasteiger partial charge in [0.1, 0.15) is 0 Å². The fourth-order valence-electron chi connectivity index (χ4n) is 1.48. The van der Waals surface area contributed by atoms with Crippen molar-refractivity contribution >= 4 is 11.6 Å². The lowest BCUT2D eigenvalue weighted by Gasteiger charge is -2.04. The summed E-state index contributed by atoms with van der Waals surface area (Å²) in [5.74, 6) is -0.571. The van der Waals surface area contributed by atoms with Crippen LogP contribution in [0, 0.1) is 10.1 Å². The quantitative estimate of drug-likeness (QED) is 0.458. The number of hydrogen-bond acceptors (Lipinski definition) is 4. The molecule has 0 bridgehead atoms. The SMILES string of the molecule is CCCCNC(=O)Cc1ccc(O)c([N+](=O)[O-])c1. The lowest BCUT2D eigenvalue weighted by molar-refractivity contribution is -0.385. The lowest BCUT2D eigenvalue weighted by atomic mass is 10.1. The van der Waals surface area contributed by atoms with Gasteiger partial charge in [0.25, 0.3) is 0 Å². The van der Waals surface area contributed by atoms with Crippen molar-refractivity contribution in [2.24, 2.45) is 0 Å². The number of carbonyl (C=O) groups excluding carboxylic acids is 1. The van der Waals surface area contributed by atoms with Gasteiger partial charge in [-0.2, -0.15) is 0 Å². The Morgan fingerprint density at radius 3 is 2.83 bits per heavy atom. The zero-order valence-corrected chi connectivity index (χ0v) is 10.2. The van der Waals surface area contributed by atoms with Crippen molar-refractivity contribution in [2.45, 2.75) is 26.2 Å². The minimum Gasteiger partial charge on any atom is -0.502 e. The Kier molecular flexibility index (Phi) is 5.10. The molecule has 18 heavy (non-hydrogen) atoms. The molecule has 0 saturated carbocycles. The zero-order chi connectivity index (χ0) is 13.5. The van der Waals surface area contributed by atoms with Gasteiger partial charge in [-0.3, -0.25) is 14.9 Å². The minimum absolute atomic E-state index is 0.0742. The molecule has 0 aliphatic rings. The van der Waals surface area contributed by atoms with Crippen LogP contribution in [0.2, 0.25) is 0 Å². The number of benzene rings is 1. The van der Waals surface area contributed by atoms with Crippen LogP contribution in [-0.4, -0.2) is 22.5 Å². The van der Waals surface area contributed by atoms with E-state index in [-0.39, 0.29) is 18.0 Å². The molecule has 0 fully saturated rings. The highest BCUT2D eigenvalue weighted by molar-refractivity contribution is 5.78. The highest BCUT2D eigenvalue weighted by Gasteiger charge is 2.14. The van der Waals surface area contributed by atoms with Crippen molar-refractivity contribution in [1.29, 1.82) is 0 Å². The van der Waals surface area contributed by atoms with Gasteiger partial charge in [0, 0.05) is 12.6 Å². The predicted octanol–water partition coefficient (Wildman–Crippen LogP) is 1.76. The molecule has 1 aromatic rings. The van der Waals surface area contributed by atoms with Crippen LogP contribution in [0.3, 0.4) is 0 Å². The van der Waals surface area contributed by atoms with Crippen molar-refractivity contribution < 1.29 is 14.8 Å². The average molecular weight is 252 g/mol. The third-order valence-electron chi connectivity index (χ3n) is 2.45. The second-order valence-corrected chi connectivity index (χ2v) is 3.96. The number of nitro benzene ring substituents is 1. The normalized spacial score (nSPS) is 10.1. The topological polar surface area (TPSA) is 92.5 Å². The van der Waals surface area contributed by atoms with Crippen LogP contribution in [0.25, 0.3) is 0 Å². The largest absolute Gasteiger partial charge is 0.502 e. The molecule has 0 radical (unpaired) electrons. The third kappa shape index (κ3) is 4.04. The first-order valence-electron chi connectivity index (χ1n) is 5.77. The maximum atomic E-state index is 11.5. The Hall–Kier alpha value is -2.11. The monoisotopic (exact) mass is 252 g/mol. The Bertz CT molecular complexity index is 446. The van der Waals surface area contributed by atoms with Gasteiger partial charge in [-0.1, -0.05) is 19.4 Å². The molecule has 1 amide bonds. The fourth-order valence-corrected chi connectivity index (χ4v) is 1.48. The molecule has 6 heteroatoms. The van der Waals surface area contributed by atoms with Gasteiger partial charge >= 0.3 is 5.69 Å². The van der Waals surface area contributed by atoms with E-state index < -0.39 is 10.7 Å². The summed E-state index contributed by atoms with van der Waals surface area (Å²) < 4.78 is 0. The van der Waals surface area contributed by atoms with Crippen LogP contribution in [0.5, 0.6) is 5.75 Å². The Morgan fingerprint density at radius 1 is 1.50 bits per heavy atom. The van der Waals surface area contributed by atoms with Gasteiger partial charge in [-0.25, -0.2) is 0 Å².